The average molecular weight is 332 g/mol. The van der Waals surface area contributed by atoms with Crippen molar-refractivity contribution in [3.8, 4) is 0 Å². The molecule has 25 heavy (non-hydrogen) atoms. The SMILES string of the molecule is CCCC1=C(CCC)C(=O)CC(c2ccccc2)(c2ccccc2)C1. The monoisotopic (exact) mass is 332 g/mol. The first-order valence-corrected chi connectivity index (χ1v) is 9.56. The Kier molecular flexibility index (Phi) is 5.53. The van der Waals surface area contributed by atoms with Crippen LogP contribution in [-0.2, 0) is 10.2 Å². The minimum atomic E-state index is -0.221. The van der Waals surface area contributed by atoms with E-state index in [-0.39, 0.29) is 5.41 Å². The molecule has 0 saturated carbocycles. The number of carbonyl (C=O) groups excluding carboxylic acids is 1. The zero-order valence-electron chi connectivity index (χ0n) is 15.4. The number of allylic oxidation sites excluding steroid dienone is 2. The highest BCUT2D eigenvalue weighted by Gasteiger charge is 2.41. The van der Waals surface area contributed by atoms with Crippen LogP contribution < -0.4 is 0 Å². The van der Waals surface area contributed by atoms with Gasteiger partial charge in [-0.05, 0) is 36.0 Å². The molecule has 3 rings (SSSR count). The molecule has 0 heterocycles. The van der Waals surface area contributed by atoms with Crippen LogP contribution in [0.25, 0.3) is 0 Å². The van der Waals surface area contributed by atoms with Crippen molar-refractivity contribution in [1.29, 1.82) is 0 Å². The molecule has 0 bridgehead atoms. The molecule has 130 valence electrons. The Balaban J connectivity index is 2.16. The molecular formula is C24H28O. The lowest BCUT2D eigenvalue weighted by Gasteiger charge is -2.40. The summed E-state index contributed by atoms with van der Waals surface area (Å²) in [5.74, 6) is 0.351. The summed E-state index contributed by atoms with van der Waals surface area (Å²) >= 11 is 0. The smallest absolute Gasteiger partial charge is 0.160 e. The van der Waals surface area contributed by atoms with Crippen molar-refractivity contribution in [2.24, 2.45) is 0 Å². The van der Waals surface area contributed by atoms with E-state index in [9.17, 15) is 4.79 Å². The standard InChI is InChI=1S/C24H28O/c1-3-11-19-17-24(20-13-7-5-8-14-20,21-15-9-6-10-16-21)18-23(25)22(19)12-4-2/h5-10,13-16H,3-4,11-12,17-18H2,1-2H3. The molecule has 0 spiro atoms. The lowest BCUT2D eigenvalue weighted by molar-refractivity contribution is -0.117. The maximum absolute atomic E-state index is 13.2. The number of Topliss-reactive ketones (excluding diaryl/α,β-unsaturated/α-hetero) is 1. The second kappa shape index (κ2) is 7.82. The Morgan fingerprint density at radius 1 is 0.760 bits per heavy atom. The van der Waals surface area contributed by atoms with Gasteiger partial charge in [-0.2, -0.15) is 0 Å². The molecule has 0 radical (unpaired) electrons. The van der Waals surface area contributed by atoms with Gasteiger partial charge in [0.05, 0.1) is 0 Å². The van der Waals surface area contributed by atoms with Gasteiger partial charge in [-0.3, -0.25) is 4.79 Å². The average Bonchev–Trinajstić information content (AvgIpc) is 2.66. The molecule has 0 amide bonds. The predicted octanol–water partition coefficient (Wildman–Crippen LogP) is 6.23. The first-order valence-electron chi connectivity index (χ1n) is 9.56. The van der Waals surface area contributed by atoms with Gasteiger partial charge in [0.2, 0.25) is 0 Å². The molecule has 0 saturated heterocycles. The zero-order chi connectivity index (χ0) is 17.7. The summed E-state index contributed by atoms with van der Waals surface area (Å²) in [5, 5.41) is 0. The molecular weight excluding hydrogens is 304 g/mol. The summed E-state index contributed by atoms with van der Waals surface area (Å²) in [6.07, 6.45) is 5.64. The van der Waals surface area contributed by atoms with E-state index in [1.54, 1.807) is 0 Å². The van der Waals surface area contributed by atoms with Gasteiger partial charge >= 0.3 is 0 Å². The molecule has 0 atom stereocenters. The van der Waals surface area contributed by atoms with Crippen molar-refractivity contribution >= 4 is 5.78 Å². The molecule has 1 aliphatic carbocycles. The van der Waals surface area contributed by atoms with Gasteiger partial charge in [-0.25, -0.2) is 0 Å². The maximum atomic E-state index is 13.2. The minimum absolute atomic E-state index is 0.221. The predicted molar refractivity (Wildman–Crippen MR) is 105 cm³/mol. The van der Waals surface area contributed by atoms with Crippen molar-refractivity contribution in [1.82, 2.24) is 0 Å². The molecule has 0 unspecified atom stereocenters. The Morgan fingerprint density at radius 2 is 1.28 bits per heavy atom. The fourth-order valence-electron chi connectivity index (χ4n) is 4.31. The van der Waals surface area contributed by atoms with E-state index in [0.717, 1.165) is 37.7 Å². The fourth-order valence-corrected chi connectivity index (χ4v) is 4.31. The van der Waals surface area contributed by atoms with Crippen molar-refractivity contribution < 1.29 is 4.79 Å². The van der Waals surface area contributed by atoms with Gasteiger partial charge in [0.1, 0.15) is 0 Å². The van der Waals surface area contributed by atoms with Crippen LogP contribution in [0.5, 0.6) is 0 Å². The number of ketones is 1. The van der Waals surface area contributed by atoms with Crippen LogP contribution in [-0.4, -0.2) is 5.78 Å². The lowest BCUT2D eigenvalue weighted by atomic mass is 9.62. The summed E-state index contributed by atoms with van der Waals surface area (Å²) in [6, 6.07) is 21.2. The quantitative estimate of drug-likeness (QED) is 0.612. The number of hydrogen-bond acceptors (Lipinski definition) is 1. The normalized spacial score (nSPS) is 17.0. The molecule has 2 aromatic rings. The molecule has 2 aromatic carbocycles. The van der Waals surface area contributed by atoms with Gasteiger partial charge in [-0.15, -0.1) is 0 Å². The Hall–Kier alpha value is -2.15. The summed E-state index contributed by atoms with van der Waals surface area (Å²) in [7, 11) is 0. The largest absolute Gasteiger partial charge is 0.295 e. The van der Waals surface area contributed by atoms with E-state index in [4.69, 9.17) is 0 Å². The van der Waals surface area contributed by atoms with Crippen LogP contribution in [0.1, 0.15) is 63.5 Å². The Bertz CT molecular complexity index is 701. The van der Waals surface area contributed by atoms with Gasteiger partial charge in [-0.1, -0.05) is 92.9 Å². The molecule has 1 heteroatoms. The first-order chi connectivity index (χ1) is 12.2. The van der Waals surface area contributed by atoms with Crippen LogP contribution in [0, 0.1) is 0 Å². The highest BCUT2D eigenvalue weighted by Crippen LogP contribution is 2.47. The second-order valence-electron chi connectivity index (χ2n) is 7.17. The second-order valence-corrected chi connectivity index (χ2v) is 7.17. The maximum Gasteiger partial charge on any atom is 0.160 e. The zero-order valence-corrected chi connectivity index (χ0v) is 15.4. The van der Waals surface area contributed by atoms with Crippen molar-refractivity contribution in [3.05, 3.63) is 82.9 Å². The van der Waals surface area contributed by atoms with Crippen molar-refractivity contribution in [2.45, 2.75) is 57.8 Å². The summed E-state index contributed by atoms with van der Waals surface area (Å²) in [4.78, 5) is 13.2. The van der Waals surface area contributed by atoms with E-state index in [0.29, 0.717) is 12.2 Å². The summed E-state index contributed by atoms with van der Waals surface area (Å²) < 4.78 is 0. The van der Waals surface area contributed by atoms with Crippen LogP contribution in [0.3, 0.4) is 0 Å². The van der Waals surface area contributed by atoms with E-state index in [1.807, 2.05) is 0 Å². The van der Waals surface area contributed by atoms with Gasteiger partial charge in [0.15, 0.2) is 5.78 Å². The molecule has 0 fully saturated rings. The van der Waals surface area contributed by atoms with Crippen LogP contribution >= 0.6 is 0 Å². The van der Waals surface area contributed by atoms with Gasteiger partial charge < -0.3 is 0 Å². The van der Waals surface area contributed by atoms with E-state index in [1.165, 1.54) is 16.7 Å². The third kappa shape index (κ3) is 3.46. The number of benzene rings is 2. The fraction of sp³-hybridized carbons (Fsp3) is 0.375. The van der Waals surface area contributed by atoms with Crippen molar-refractivity contribution in [2.75, 3.05) is 0 Å². The van der Waals surface area contributed by atoms with E-state index in [2.05, 4.69) is 74.5 Å². The number of rotatable bonds is 6. The minimum Gasteiger partial charge on any atom is -0.295 e. The third-order valence-corrected chi connectivity index (χ3v) is 5.45. The topological polar surface area (TPSA) is 17.1 Å². The van der Waals surface area contributed by atoms with Gasteiger partial charge in [0.25, 0.3) is 0 Å². The van der Waals surface area contributed by atoms with Crippen LogP contribution in [0.15, 0.2) is 71.8 Å². The molecule has 1 aliphatic rings. The van der Waals surface area contributed by atoms with E-state index >= 15 is 0 Å². The number of hydrogen-bond donors (Lipinski definition) is 0. The summed E-state index contributed by atoms with van der Waals surface area (Å²) in [6.45, 7) is 4.38. The number of carbonyl (C=O) groups is 1. The first kappa shape index (κ1) is 17.7. The molecule has 1 nitrogen and oxygen atoms in total. The highest BCUT2D eigenvalue weighted by atomic mass is 16.1. The van der Waals surface area contributed by atoms with Crippen LogP contribution in [0.4, 0.5) is 0 Å². The molecule has 0 aliphatic heterocycles. The molecule has 0 aromatic heterocycles. The Morgan fingerprint density at radius 3 is 1.76 bits per heavy atom. The molecule has 0 N–H and O–H groups in total. The summed E-state index contributed by atoms with van der Waals surface area (Å²) in [5.41, 5.74) is 4.80. The van der Waals surface area contributed by atoms with Crippen molar-refractivity contribution in [3.63, 3.8) is 0 Å². The lowest BCUT2D eigenvalue weighted by Crippen LogP contribution is -2.36. The van der Waals surface area contributed by atoms with E-state index < -0.39 is 0 Å². The van der Waals surface area contributed by atoms with Gasteiger partial charge in [0, 0.05) is 11.8 Å². The Labute approximate surface area is 151 Å². The highest BCUT2D eigenvalue weighted by molar-refractivity contribution is 5.98. The van der Waals surface area contributed by atoms with Crippen LogP contribution in [0.2, 0.25) is 0 Å². The third-order valence-electron chi connectivity index (χ3n) is 5.45.